The molecule has 4 heteroatoms. The number of rotatable bonds is 3. The summed E-state index contributed by atoms with van der Waals surface area (Å²) in [5.41, 5.74) is 7.81. The zero-order chi connectivity index (χ0) is 15.0. The van der Waals surface area contributed by atoms with E-state index in [0.29, 0.717) is 0 Å². The summed E-state index contributed by atoms with van der Waals surface area (Å²) < 4.78 is 6.11. The number of hydrogen-bond acceptors (Lipinski definition) is 4. The number of anilines is 1. The summed E-state index contributed by atoms with van der Waals surface area (Å²) in [5.74, 6) is 0. The van der Waals surface area contributed by atoms with E-state index in [1.807, 2.05) is 12.3 Å². The maximum Gasteiger partial charge on any atom is 0.0808 e. The molecule has 2 N–H and O–H groups in total. The van der Waals surface area contributed by atoms with Gasteiger partial charge in [0, 0.05) is 19.1 Å². The first-order valence-corrected chi connectivity index (χ1v) is 7.39. The highest BCUT2D eigenvalue weighted by atomic mass is 16.5. The number of ether oxygens (including phenoxy) is 1. The molecule has 1 aliphatic rings. The highest BCUT2D eigenvalue weighted by Crippen LogP contribution is 2.31. The first kappa shape index (κ1) is 15.3. The SMILES string of the molecule is CCC(N)c1ccc(N2CC(C)(C)OC(C)(C)C2)cn1. The van der Waals surface area contributed by atoms with Crippen molar-refractivity contribution < 1.29 is 4.74 Å². The molecular weight excluding hydrogens is 250 g/mol. The van der Waals surface area contributed by atoms with Gasteiger partial charge in [-0.05, 0) is 46.2 Å². The Morgan fingerprint density at radius 2 is 1.85 bits per heavy atom. The summed E-state index contributed by atoms with van der Waals surface area (Å²) in [6.45, 7) is 12.4. The molecule has 1 saturated heterocycles. The molecular formula is C16H27N3O. The fourth-order valence-corrected chi connectivity index (χ4v) is 2.98. The summed E-state index contributed by atoms with van der Waals surface area (Å²) in [6, 6.07) is 4.19. The molecule has 0 amide bonds. The minimum atomic E-state index is -0.153. The molecule has 0 radical (unpaired) electrons. The second-order valence-corrected chi connectivity index (χ2v) is 6.93. The average Bonchev–Trinajstić information content (AvgIpc) is 2.34. The first-order valence-electron chi connectivity index (χ1n) is 7.39. The summed E-state index contributed by atoms with van der Waals surface area (Å²) in [6.07, 6.45) is 2.84. The lowest BCUT2D eigenvalue weighted by Crippen LogP contribution is -2.57. The van der Waals surface area contributed by atoms with Crippen LogP contribution in [-0.2, 0) is 4.74 Å². The van der Waals surface area contributed by atoms with Crippen LogP contribution in [0.4, 0.5) is 5.69 Å². The van der Waals surface area contributed by atoms with E-state index in [0.717, 1.165) is 30.9 Å². The number of nitrogens with two attached hydrogens (primary N) is 1. The van der Waals surface area contributed by atoms with Crippen LogP contribution in [0.3, 0.4) is 0 Å². The van der Waals surface area contributed by atoms with E-state index in [4.69, 9.17) is 10.5 Å². The Morgan fingerprint density at radius 3 is 2.30 bits per heavy atom. The van der Waals surface area contributed by atoms with Gasteiger partial charge in [-0.3, -0.25) is 4.98 Å². The van der Waals surface area contributed by atoms with Crippen LogP contribution in [0.1, 0.15) is 52.8 Å². The lowest BCUT2D eigenvalue weighted by Gasteiger charge is -2.48. The van der Waals surface area contributed by atoms with E-state index in [1.54, 1.807) is 0 Å². The normalized spacial score (nSPS) is 22.6. The Morgan fingerprint density at radius 1 is 1.25 bits per heavy atom. The second kappa shape index (κ2) is 5.34. The number of morpholine rings is 1. The Balaban J connectivity index is 2.18. The summed E-state index contributed by atoms with van der Waals surface area (Å²) in [7, 11) is 0. The summed E-state index contributed by atoms with van der Waals surface area (Å²) in [5, 5.41) is 0. The molecule has 0 aromatic carbocycles. The quantitative estimate of drug-likeness (QED) is 0.923. The van der Waals surface area contributed by atoms with E-state index in [1.165, 1.54) is 0 Å². The molecule has 4 nitrogen and oxygen atoms in total. The van der Waals surface area contributed by atoms with Gasteiger partial charge >= 0.3 is 0 Å². The lowest BCUT2D eigenvalue weighted by atomic mass is 9.98. The highest BCUT2D eigenvalue weighted by Gasteiger charge is 2.38. The van der Waals surface area contributed by atoms with Gasteiger partial charge in [0.1, 0.15) is 0 Å². The molecule has 0 aliphatic carbocycles. The van der Waals surface area contributed by atoms with Crippen LogP contribution in [-0.4, -0.2) is 29.3 Å². The van der Waals surface area contributed by atoms with Gasteiger partial charge in [-0.2, -0.15) is 0 Å². The van der Waals surface area contributed by atoms with Crippen LogP contribution in [0, 0.1) is 0 Å². The van der Waals surface area contributed by atoms with Crippen LogP contribution in [0.2, 0.25) is 0 Å². The molecule has 2 heterocycles. The van der Waals surface area contributed by atoms with Crippen LogP contribution < -0.4 is 10.6 Å². The number of nitrogens with zero attached hydrogens (tertiary/aromatic N) is 2. The third kappa shape index (κ3) is 3.49. The monoisotopic (exact) mass is 277 g/mol. The third-order valence-corrected chi connectivity index (χ3v) is 3.65. The van der Waals surface area contributed by atoms with Gasteiger partial charge in [0.05, 0.1) is 28.8 Å². The minimum Gasteiger partial charge on any atom is -0.366 e. The second-order valence-electron chi connectivity index (χ2n) is 6.93. The van der Waals surface area contributed by atoms with Crippen molar-refractivity contribution in [3.05, 3.63) is 24.0 Å². The van der Waals surface area contributed by atoms with Crippen molar-refractivity contribution in [2.75, 3.05) is 18.0 Å². The molecule has 0 saturated carbocycles. The predicted octanol–water partition coefficient (Wildman–Crippen LogP) is 2.89. The Kier molecular flexibility index (Phi) is 4.07. The van der Waals surface area contributed by atoms with Crippen LogP contribution in [0.15, 0.2) is 18.3 Å². The molecule has 1 aromatic rings. The van der Waals surface area contributed by atoms with Gasteiger partial charge in [0.25, 0.3) is 0 Å². The molecule has 20 heavy (non-hydrogen) atoms. The van der Waals surface area contributed by atoms with Gasteiger partial charge in [-0.25, -0.2) is 0 Å². The topological polar surface area (TPSA) is 51.4 Å². The van der Waals surface area contributed by atoms with E-state index < -0.39 is 0 Å². The largest absolute Gasteiger partial charge is 0.366 e. The molecule has 1 aromatic heterocycles. The molecule has 2 rings (SSSR count). The van der Waals surface area contributed by atoms with Crippen LogP contribution in [0.5, 0.6) is 0 Å². The molecule has 112 valence electrons. The molecule has 0 spiro atoms. The Bertz CT molecular complexity index is 437. The average molecular weight is 277 g/mol. The fraction of sp³-hybridized carbons (Fsp3) is 0.688. The number of pyridine rings is 1. The van der Waals surface area contributed by atoms with E-state index in [2.05, 4.69) is 50.6 Å². The summed E-state index contributed by atoms with van der Waals surface area (Å²) in [4.78, 5) is 6.86. The maximum absolute atomic E-state index is 6.11. The zero-order valence-electron chi connectivity index (χ0n) is 13.3. The Labute approximate surface area is 122 Å². The fourth-order valence-electron chi connectivity index (χ4n) is 2.98. The lowest BCUT2D eigenvalue weighted by molar-refractivity contribution is -0.133. The van der Waals surface area contributed by atoms with Gasteiger partial charge in [0.15, 0.2) is 0 Å². The maximum atomic E-state index is 6.11. The van der Waals surface area contributed by atoms with E-state index in [-0.39, 0.29) is 17.2 Å². The van der Waals surface area contributed by atoms with Crippen molar-refractivity contribution in [2.45, 2.75) is 58.3 Å². The standard InChI is InChI=1S/C16H27N3O/c1-6-13(17)14-8-7-12(9-18-14)19-10-15(2,3)20-16(4,5)11-19/h7-9,13H,6,10-11,17H2,1-5H3. The van der Waals surface area contributed by atoms with Crippen LogP contribution >= 0.6 is 0 Å². The van der Waals surface area contributed by atoms with Crippen molar-refractivity contribution in [3.8, 4) is 0 Å². The van der Waals surface area contributed by atoms with Gasteiger partial charge in [-0.1, -0.05) is 6.92 Å². The molecule has 1 atom stereocenters. The third-order valence-electron chi connectivity index (χ3n) is 3.65. The highest BCUT2D eigenvalue weighted by molar-refractivity contribution is 5.46. The van der Waals surface area contributed by atoms with Crippen LogP contribution in [0.25, 0.3) is 0 Å². The molecule has 1 aliphatic heterocycles. The minimum absolute atomic E-state index is 0.0293. The van der Waals surface area contributed by atoms with Crippen molar-refractivity contribution in [3.63, 3.8) is 0 Å². The van der Waals surface area contributed by atoms with E-state index in [9.17, 15) is 0 Å². The van der Waals surface area contributed by atoms with Gasteiger partial charge in [-0.15, -0.1) is 0 Å². The van der Waals surface area contributed by atoms with Crippen molar-refractivity contribution in [1.82, 2.24) is 4.98 Å². The molecule has 1 unspecified atom stereocenters. The smallest absolute Gasteiger partial charge is 0.0808 e. The zero-order valence-corrected chi connectivity index (χ0v) is 13.3. The number of hydrogen-bond donors (Lipinski definition) is 1. The van der Waals surface area contributed by atoms with Gasteiger partial charge < -0.3 is 15.4 Å². The molecule has 1 fully saturated rings. The van der Waals surface area contributed by atoms with Gasteiger partial charge in [0.2, 0.25) is 0 Å². The van der Waals surface area contributed by atoms with Crippen molar-refractivity contribution in [1.29, 1.82) is 0 Å². The first-order chi connectivity index (χ1) is 9.22. The summed E-state index contributed by atoms with van der Waals surface area (Å²) >= 11 is 0. The number of aromatic nitrogens is 1. The van der Waals surface area contributed by atoms with Crippen molar-refractivity contribution in [2.24, 2.45) is 5.73 Å². The Hall–Kier alpha value is -1.13. The van der Waals surface area contributed by atoms with E-state index >= 15 is 0 Å². The predicted molar refractivity (Wildman–Crippen MR) is 82.9 cm³/mol. The van der Waals surface area contributed by atoms with Crippen molar-refractivity contribution >= 4 is 5.69 Å². The molecule has 0 bridgehead atoms.